The Bertz CT molecular complexity index is 528. The molecular weight excluding hydrogens is 480 g/mol. The first-order chi connectivity index (χ1) is 19.2. The molecule has 228 valence electrons. The van der Waals surface area contributed by atoms with Gasteiger partial charge in [0.05, 0.1) is 0 Å². The van der Waals surface area contributed by atoms with Crippen molar-refractivity contribution in [3.63, 3.8) is 0 Å². The molecule has 0 aliphatic rings. The Kier molecular flexibility index (Phi) is 31.7. The lowest BCUT2D eigenvalue weighted by Crippen LogP contribution is -2.11. The molecule has 39 heavy (non-hydrogen) atoms. The smallest absolute Gasteiger partial charge is 0.313 e. The zero-order valence-corrected chi connectivity index (χ0v) is 26.3. The molecule has 0 rings (SSSR count). The molecule has 0 atom stereocenters. The van der Waals surface area contributed by atoms with E-state index in [2.05, 4.69) is 38.2 Å². The summed E-state index contributed by atoms with van der Waals surface area (Å²) in [6.07, 6.45) is 42.2. The second-order valence-corrected chi connectivity index (χ2v) is 11.5. The topological polar surface area (TPSA) is 43.4 Å². The normalized spacial score (nSPS) is 11.6. The summed E-state index contributed by atoms with van der Waals surface area (Å²) in [7, 11) is 0. The Morgan fingerprint density at radius 1 is 0.385 bits per heavy atom. The second-order valence-electron chi connectivity index (χ2n) is 11.5. The van der Waals surface area contributed by atoms with Gasteiger partial charge in [-0.25, -0.2) is 0 Å². The monoisotopic (exact) mass is 547 g/mol. The highest BCUT2D eigenvalue weighted by Crippen LogP contribution is 2.12. The average Bonchev–Trinajstić information content (AvgIpc) is 2.93. The lowest BCUT2D eigenvalue weighted by atomic mass is 10.1. The minimum Gasteiger partial charge on any atom is -0.393 e. The van der Waals surface area contributed by atoms with E-state index in [0.29, 0.717) is 12.8 Å². The fourth-order valence-electron chi connectivity index (χ4n) is 4.91. The maximum absolute atomic E-state index is 11.9. The van der Waals surface area contributed by atoms with E-state index in [9.17, 15) is 9.59 Å². The Morgan fingerprint density at radius 3 is 0.949 bits per heavy atom. The van der Waals surface area contributed by atoms with E-state index in [1.807, 2.05) is 0 Å². The first kappa shape index (κ1) is 37.6. The van der Waals surface area contributed by atoms with Gasteiger partial charge in [-0.2, -0.15) is 0 Å². The summed E-state index contributed by atoms with van der Waals surface area (Å²) in [6, 6.07) is 0. The molecule has 0 aromatic rings. The Morgan fingerprint density at radius 2 is 0.641 bits per heavy atom. The van der Waals surface area contributed by atoms with Gasteiger partial charge in [0.2, 0.25) is 0 Å². The molecule has 0 radical (unpaired) electrons. The number of hydrogen-bond acceptors (Lipinski definition) is 3. The number of carbonyl (C=O) groups excluding carboxylic acids is 2. The summed E-state index contributed by atoms with van der Waals surface area (Å²) in [5.41, 5.74) is 0. The van der Waals surface area contributed by atoms with Crippen LogP contribution >= 0.6 is 0 Å². The van der Waals surface area contributed by atoms with Crippen molar-refractivity contribution in [1.82, 2.24) is 0 Å². The minimum absolute atomic E-state index is 0.342. The van der Waals surface area contributed by atoms with Gasteiger partial charge in [0.25, 0.3) is 0 Å². The van der Waals surface area contributed by atoms with Crippen LogP contribution in [0.2, 0.25) is 0 Å². The van der Waals surface area contributed by atoms with Gasteiger partial charge in [0.15, 0.2) is 0 Å². The number of ether oxygens (including phenoxy) is 1. The third-order valence-electron chi connectivity index (χ3n) is 7.51. The number of carbonyl (C=O) groups is 2. The van der Waals surface area contributed by atoms with Crippen LogP contribution < -0.4 is 0 Å². The van der Waals surface area contributed by atoms with Crippen molar-refractivity contribution in [1.29, 1.82) is 0 Å². The molecule has 0 spiro atoms. The Balaban J connectivity index is 3.37. The van der Waals surface area contributed by atoms with Crippen LogP contribution in [0.15, 0.2) is 24.3 Å². The van der Waals surface area contributed by atoms with Crippen molar-refractivity contribution in [2.45, 2.75) is 194 Å². The molecule has 0 unspecified atom stereocenters. The van der Waals surface area contributed by atoms with Crippen molar-refractivity contribution in [2.75, 3.05) is 0 Å². The predicted molar refractivity (Wildman–Crippen MR) is 170 cm³/mol. The highest BCUT2D eigenvalue weighted by Gasteiger charge is 2.09. The lowest BCUT2D eigenvalue weighted by Gasteiger charge is -2.04. The molecule has 0 aliphatic carbocycles. The highest BCUT2D eigenvalue weighted by molar-refractivity contribution is 5.85. The quantitative estimate of drug-likeness (QED) is 0.0389. The number of rotatable bonds is 30. The zero-order valence-electron chi connectivity index (χ0n) is 26.3. The molecule has 0 amide bonds. The molecular formula is C36H66O3. The van der Waals surface area contributed by atoms with Crippen LogP contribution in [0.25, 0.3) is 0 Å². The van der Waals surface area contributed by atoms with Gasteiger partial charge < -0.3 is 4.74 Å². The number of allylic oxidation sites excluding steroid dienone is 4. The van der Waals surface area contributed by atoms with Gasteiger partial charge in [-0.15, -0.1) is 0 Å². The largest absolute Gasteiger partial charge is 0.393 e. The van der Waals surface area contributed by atoms with Crippen molar-refractivity contribution >= 4 is 11.9 Å². The lowest BCUT2D eigenvalue weighted by molar-refractivity contribution is -0.159. The standard InChI is InChI=1S/C36H66O3/c1-3-5-7-9-11-13-15-17-19-21-23-25-27-29-31-33-35(37)39-36(38)34-32-30-28-26-24-22-20-18-16-14-12-10-8-6-4-2/h17-20H,3-16,21-34H2,1-2H3. The zero-order chi connectivity index (χ0) is 28.5. The van der Waals surface area contributed by atoms with Crippen LogP contribution in [0, 0.1) is 0 Å². The molecule has 0 N–H and O–H groups in total. The third kappa shape index (κ3) is 32.7. The molecule has 0 saturated heterocycles. The maximum Gasteiger partial charge on any atom is 0.313 e. The van der Waals surface area contributed by atoms with E-state index in [0.717, 1.165) is 38.5 Å². The number of hydrogen-bond donors (Lipinski definition) is 0. The first-order valence-electron chi connectivity index (χ1n) is 17.2. The van der Waals surface area contributed by atoms with E-state index in [1.54, 1.807) is 0 Å². The van der Waals surface area contributed by atoms with Gasteiger partial charge >= 0.3 is 11.9 Å². The molecule has 0 bridgehead atoms. The van der Waals surface area contributed by atoms with Gasteiger partial charge in [0, 0.05) is 12.8 Å². The molecule has 0 aromatic heterocycles. The van der Waals surface area contributed by atoms with Gasteiger partial charge in [-0.05, 0) is 64.2 Å². The van der Waals surface area contributed by atoms with Crippen molar-refractivity contribution in [2.24, 2.45) is 0 Å². The molecule has 0 fully saturated rings. The van der Waals surface area contributed by atoms with E-state index in [1.165, 1.54) is 128 Å². The molecule has 0 heterocycles. The van der Waals surface area contributed by atoms with E-state index in [4.69, 9.17) is 4.74 Å². The molecule has 0 aliphatic heterocycles. The van der Waals surface area contributed by atoms with Crippen LogP contribution in [-0.4, -0.2) is 11.9 Å². The van der Waals surface area contributed by atoms with Crippen molar-refractivity contribution < 1.29 is 14.3 Å². The Hall–Kier alpha value is -1.38. The molecule has 0 saturated carbocycles. The van der Waals surface area contributed by atoms with Crippen molar-refractivity contribution in [3.8, 4) is 0 Å². The van der Waals surface area contributed by atoms with Gasteiger partial charge in [0.1, 0.15) is 0 Å². The second kappa shape index (κ2) is 32.8. The van der Waals surface area contributed by atoms with E-state index < -0.39 is 0 Å². The summed E-state index contributed by atoms with van der Waals surface area (Å²) < 4.78 is 4.99. The number of esters is 2. The summed E-state index contributed by atoms with van der Waals surface area (Å²) >= 11 is 0. The molecule has 3 nitrogen and oxygen atoms in total. The van der Waals surface area contributed by atoms with Crippen LogP contribution in [0.3, 0.4) is 0 Å². The third-order valence-corrected chi connectivity index (χ3v) is 7.51. The van der Waals surface area contributed by atoms with Gasteiger partial charge in [-0.3, -0.25) is 9.59 Å². The van der Waals surface area contributed by atoms with Crippen LogP contribution in [0.4, 0.5) is 0 Å². The summed E-state index contributed by atoms with van der Waals surface area (Å²) in [6.45, 7) is 4.53. The fraction of sp³-hybridized carbons (Fsp3) is 0.833. The summed E-state index contributed by atoms with van der Waals surface area (Å²) in [5.74, 6) is -0.684. The molecule has 3 heteroatoms. The van der Waals surface area contributed by atoms with Crippen LogP contribution in [-0.2, 0) is 14.3 Å². The average molecular weight is 547 g/mol. The fourth-order valence-corrected chi connectivity index (χ4v) is 4.91. The van der Waals surface area contributed by atoms with E-state index >= 15 is 0 Å². The SMILES string of the molecule is CCCCCCCCC=CCCCCCCCC(=O)OC(=O)CCCCCCCC=CCCCCCCCC. The Labute approximate surface area is 244 Å². The first-order valence-corrected chi connectivity index (χ1v) is 17.2. The van der Waals surface area contributed by atoms with Crippen LogP contribution in [0.5, 0.6) is 0 Å². The van der Waals surface area contributed by atoms with Crippen molar-refractivity contribution in [3.05, 3.63) is 24.3 Å². The van der Waals surface area contributed by atoms with E-state index in [-0.39, 0.29) is 11.9 Å². The van der Waals surface area contributed by atoms with Gasteiger partial charge in [-0.1, -0.05) is 141 Å². The number of unbranched alkanes of at least 4 members (excludes halogenated alkanes) is 22. The minimum atomic E-state index is -0.342. The maximum atomic E-state index is 11.9. The predicted octanol–water partition coefficient (Wildman–Crippen LogP) is 12.1. The molecule has 0 aromatic carbocycles. The highest BCUT2D eigenvalue weighted by atomic mass is 16.6. The summed E-state index contributed by atoms with van der Waals surface area (Å²) in [5, 5.41) is 0. The summed E-state index contributed by atoms with van der Waals surface area (Å²) in [4.78, 5) is 23.8. The van der Waals surface area contributed by atoms with Crippen LogP contribution in [0.1, 0.15) is 194 Å².